The molecule has 0 radical (unpaired) electrons. The third-order valence-electron chi connectivity index (χ3n) is 4.99. The number of hydrogen-bond donors (Lipinski definition) is 3. The SMILES string of the molecule is CC1(C(=O)Nc2ccc(NS(=O)(=O)c3cccc(-c4noc(CN)n4)c3)cc2)CC1. The number of aromatic nitrogens is 2. The molecule has 156 valence electrons. The summed E-state index contributed by atoms with van der Waals surface area (Å²) >= 11 is 0. The fraction of sp³-hybridized carbons (Fsp3) is 0.250. The molecule has 4 rings (SSSR count). The molecule has 1 aliphatic rings. The van der Waals surface area contributed by atoms with Gasteiger partial charge in [-0.1, -0.05) is 24.2 Å². The lowest BCUT2D eigenvalue weighted by molar-refractivity contribution is -0.120. The number of hydrogen-bond acceptors (Lipinski definition) is 7. The fourth-order valence-corrected chi connectivity index (χ4v) is 3.89. The Morgan fingerprint density at radius 2 is 1.87 bits per heavy atom. The number of sulfonamides is 1. The molecule has 0 saturated heterocycles. The zero-order valence-corrected chi connectivity index (χ0v) is 17.1. The van der Waals surface area contributed by atoms with Gasteiger partial charge >= 0.3 is 0 Å². The third kappa shape index (κ3) is 4.19. The van der Waals surface area contributed by atoms with Crippen LogP contribution in [-0.2, 0) is 21.4 Å². The van der Waals surface area contributed by atoms with Crippen LogP contribution in [0, 0.1) is 5.41 Å². The number of rotatable bonds is 7. The van der Waals surface area contributed by atoms with Crippen LogP contribution < -0.4 is 15.8 Å². The van der Waals surface area contributed by atoms with Gasteiger partial charge in [0.2, 0.25) is 17.6 Å². The maximum atomic E-state index is 12.8. The largest absolute Gasteiger partial charge is 0.338 e. The first-order valence-corrected chi connectivity index (χ1v) is 10.8. The molecule has 0 atom stereocenters. The lowest BCUT2D eigenvalue weighted by Gasteiger charge is -2.12. The zero-order valence-electron chi connectivity index (χ0n) is 16.3. The van der Waals surface area contributed by atoms with Gasteiger partial charge in [-0.25, -0.2) is 8.42 Å². The maximum Gasteiger partial charge on any atom is 0.261 e. The minimum Gasteiger partial charge on any atom is -0.338 e. The number of benzene rings is 2. The van der Waals surface area contributed by atoms with Crippen LogP contribution in [0.4, 0.5) is 11.4 Å². The molecule has 10 heteroatoms. The zero-order chi connectivity index (χ0) is 21.4. The summed E-state index contributed by atoms with van der Waals surface area (Å²) in [7, 11) is -3.84. The topological polar surface area (TPSA) is 140 Å². The summed E-state index contributed by atoms with van der Waals surface area (Å²) in [5, 5.41) is 6.65. The van der Waals surface area contributed by atoms with Gasteiger partial charge in [-0.05, 0) is 49.2 Å². The molecule has 4 N–H and O–H groups in total. The Labute approximate surface area is 173 Å². The average molecular weight is 427 g/mol. The standard InChI is InChI=1S/C20H21N5O4S/c1-20(9-10-20)19(26)22-14-5-7-15(8-6-14)25-30(27,28)16-4-2-3-13(11-16)18-23-17(12-21)29-24-18/h2-8,11,25H,9-10,12,21H2,1H3,(H,22,26). The number of anilines is 2. The van der Waals surface area contributed by atoms with Crippen LogP contribution in [0.25, 0.3) is 11.4 Å². The second-order valence-corrected chi connectivity index (χ2v) is 9.12. The molecule has 1 heterocycles. The lowest BCUT2D eigenvalue weighted by Crippen LogP contribution is -2.21. The van der Waals surface area contributed by atoms with E-state index in [-0.39, 0.29) is 34.5 Å². The predicted octanol–water partition coefficient (Wildman–Crippen LogP) is 2.73. The van der Waals surface area contributed by atoms with Gasteiger partial charge in [0.15, 0.2) is 0 Å². The van der Waals surface area contributed by atoms with E-state index in [9.17, 15) is 13.2 Å². The van der Waals surface area contributed by atoms with Crippen molar-refractivity contribution in [1.82, 2.24) is 10.1 Å². The van der Waals surface area contributed by atoms with Crippen molar-refractivity contribution < 1.29 is 17.7 Å². The molecule has 3 aromatic rings. The smallest absolute Gasteiger partial charge is 0.261 e. The molecular formula is C20H21N5O4S. The highest BCUT2D eigenvalue weighted by molar-refractivity contribution is 7.92. The van der Waals surface area contributed by atoms with E-state index in [1.807, 2.05) is 6.92 Å². The number of nitrogens with two attached hydrogens (primary N) is 1. The van der Waals surface area contributed by atoms with Crippen LogP contribution in [0.3, 0.4) is 0 Å². The van der Waals surface area contributed by atoms with Crippen molar-refractivity contribution in [1.29, 1.82) is 0 Å². The summed E-state index contributed by atoms with van der Waals surface area (Å²) in [4.78, 5) is 16.3. The van der Waals surface area contributed by atoms with E-state index in [0.29, 0.717) is 16.9 Å². The second kappa shape index (κ2) is 7.54. The van der Waals surface area contributed by atoms with Crippen molar-refractivity contribution in [2.75, 3.05) is 10.0 Å². The predicted molar refractivity (Wildman–Crippen MR) is 111 cm³/mol. The number of carbonyl (C=O) groups is 1. The molecule has 1 aromatic heterocycles. The Morgan fingerprint density at radius 3 is 2.50 bits per heavy atom. The highest BCUT2D eigenvalue weighted by Gasteiger charge is 2.44. The number of nitrogens with one attached hydrogen (secondary N) is 2. The lowest BCUT2D eigenvalue weighted by atomic mass is 10.1. The van der Waals surface area contributed by atoms with Crippen molar-refractivity contribution >= 4 is 27.3 Å². The van der Waals surface area contributed by atoms with Gasteiger partial charge in [0, 0.05) is 22.4 Å². The molecule has 0 unspecified atom stereocenters. The molecule has 0 bridgehead atoms. The quantitative estimate of drug-likeness (QED) is 0.526. The van der Waals surface area contributed by atoms with Crippen LogP contribution in [0.1, 0.15) is 25.7 Å². The van der Waals surface area contributed by atoms with Gasteiger partial charge in [0.1, 0.15) is 0 Å². The van der Waals surface area contributed by atoms with Crippen LogP contribution in [0.5, 0.6) is 0 Å². The van der Waals surface area contributed by atoms with E-state index in [1.165, 1.54) is 12.1 Å². The van der Waals surface area contributed by atoms with Crippen LogP contribution in [0.2, 0.25) is 0 Å². The summed E-state index contributed by atoms with van der Waals surface area (Å²) in [5.41, 5.74) is 6.67. The molecule has 0 aliphatic heterocycles. The molecule has 0 spiro atoms. The van der Waals surface area contributed by atoms with Gasteiger partial charge in [0.25, 0.3) is 10.0 Å². The molecular weight excluding hydrogens is 406 g/mol. The highest BCUT2D eigenvalue weighted by Crippen LogP contribution is 2.45. The first-order chi connectivity index (χ1) is 14.3. The summed E-state index contributed by atoms with van der Waals surface area (Å²) < 4.78 is 33.1. The maximum absolute atomic E-state index is 12.8. The van der Waals surface area contributed by atoms with E-state index in [1.54, 1.807) is 36.4 Å². The normalized spacial score (nSPS) is 14.9. The van der Waals surface area contributed by atoms with Gasteiger partial charge in [0.05, 0.1) is 11.4 Å². The van der Waals surface area contributed by atoms with Crippen molar-refractivity contribution in [3.8, 4) is 11.4 Å². The number of amides is 1. The fourth-order valence-electron chi connectivity index (χ4n) is 2.79. The van der Waals surface area contributed by atoms with Crippen LogP contribution in [0.15, 0.2) is 57.9 Å². The minimum absolute atomic E-state index is 0.0214. The molecule has 2 aromatic carbocycles. The number of carbonyl (C=O) groups excluding carboxylic acids is 1. The minimum atomic E-state index is -3.84. The summed E-state index contributed by atoms with van der Waals surface area (Å²) in [6.07, 6.45) is 1.76. The summed E-state index contributed by atoms with van der Waals surface area (Å²) in [5.74, 6) is 0.503. The van der Waals surface area contributed by atoms with Crippen molar-refractivity contribution in [3.63, 3.8) is 0 Å². The Kier molecular flexibility index (Phi) is 5.04. The number of nitrogens with zero attached hydrogens (tertiary/aromatic N) is 2. The molecule has 1 amide bonds. The first-order valence-electron chi connectivity index (χ1n) is 9.36. The molecule has 1 saturated carbocycles. The van der Waals surface area contributed by atoms with Gasteiger partial charge in [-0.3, -0.25) is 9.52 Å². The Balaban J connectivity index is 1.49. The monoisotopic (exact) mass is 427 g/mol. The van der Waals surface area contributed by atoms with E-state index in [4.69, 9.17) is 10.3 Å². The van der Waals surface area contributed by atoms with Crippen molar-refractivity contribution in [2.24, 2.45) is 11.1 Å². The average Bonchev–Trinajstić information content (AvgIpc) is 3.31. The second-order valence-electron chi connectivity index (χ2n) is 7.44. The molecule has 1 fully saturated rings. The third-order valence-corrected chi connectivity index (χ3v) is 6.37. The van der Waals surface area contributed by atoms with E-state index in [2.05, 4.69) is 20.2 Å². The van der Waals surface area contributed by atoms with Crippen LogP contribution >= 0.6 is 0 Å². The Morgan fingerprint density at radius 1 is 1.17 bits per heavy atom. The van der Waals surface area contributed by atoms with E-state index in [0.717, 1.165) is 12.8 Å². The Bertz CT molecular complexity index is 1180. The van der Waals surface area contributed by atoms with Crippen LogP contribution in [-0.4, -0.2) is 24.5 Å². The molecule has 9 nitrogen and oxygen atoms in total. The van der Waals surface area contributed by atoms with E-state index < -0.39 is 10.0 Å². The first kappa shape index (κ1) is 20.0. The highest BCUT2D eigenvalue weighted by atomic mass is 32.2. The van der Waals surface area contributed by atoms with Crippen molar-refractivity contribution in [2.45, 2.75) is 31.2 Å². The van der Waals surface area contributed by atoms with E-state index >= 15 is 0 Å². The van der Waals surface area contributed by atoms with Gasteiger partial charge in [-0.2, -0.15) is 4.98 Å². The van der Waals surface area contributed by atoms with Crippen molar-refractivity contribution in [3.05, 3.63) is 54.4 Å². The van der Waals surface area contributed by atoms with Gasteiger partial charge < -0.3 is 15.6 Å². The Hall–Kier alpha value is -3.24. The molecule has 1 aliphatic carbocycles. The summed E-state index contributed by atoms with van der Waals surface area (Å²) in [6.45, 7) is 2.02. The van der Waals surface area contributed by atoms with Gasteiger partial charge in [-0.15, -0.1) is 0 Å². The molecule has 30 heavy (non-hydrogen) atoms. The summed E-state index contributed by atoms with van der Waals surface area (Å²) in [6, 6.07) is 12.7.